The molecule has 0 saturated carbocycles. The number of rotatable bonds is 80. The maximum atomic E-state index is 13.1. The highest BCUT2D eigenvalue weighted by atomic mass is 31.2. The van der Waals surface area contributed by atoms with Crippen molar-refractivity contribution >= 4 is 39.5 Å². The molecule has 0 aliphatic heterocycles. The molecule has 588 valence electrons. The third kappa shape index (κ3) is 72.8. The molecule has 17 nitrogen and oxygen atoms in total. The average molecular weight is 1450 g/mol. The lowest BCUT2D eigenvalue weighted by Crippen LogP contribution is -2.30. The second-order valence-corrected chi connectivity index (χ2v) is 32.0. The highest BCUT2D eigenvalue weighted by Gasteiger charge is 2.30. The van der Waals surface area contributed by atoms with Gasteiger partial charge in [0.05, 0.1) is 26.4 Å². The summed E-state index contributed by atoms with van der Waals surface area (Å²) in [7, 11) is -9.92. The van der Waals surface area contributed by atoms with E-state index in [0.29, 0.717) is 25.7 Å². The molecule has 0 aromatic carbocycles. The molecule has 0 saturated heterocycles. The van der Waals surface area contributed by atoms with E-state index in [4.69, 9.17) is 37.0 Å². The van der Waals surface area contributed by atoms with Crippen LogP contribution in [0.5, 0.6) is 0 Å². The zero-order valence-electron chi connectivity index (χ0n) is 64.6. The zero-order valence-corrected chi connectivity index (χ0v) is 66.4. The van der Waals surface area contributed by atoms with E-state index in [-0.39, 0.29) is 25.7 Å². The molecule has 0 aliphatic rings. The van der Waals surface area contributed by atoms with Crippen LogP contribution in [0, 0.1) is 5.92 Å². The van der Waals surface area contributed by atoms with Crippen LogP contribution in [0.1, 0.15) is 426 Å². The molecule has 99 heavy (non-hydrogen) atoms. The first-order valence-corrected chi connectivity index (χ1v) is 44.7. The summed E-state index contributed by atoms with van der Waals surface area (Å²) in [5.74, 6) is -1.30. The lowest BCUT2D eigenvalue weighted by molar-refractivity contribution is -0.161. The number of hydrogen-bond donors (Lipinski definition) is 3. The Balaban J connectivity index is 5.25. The second-order valence-electron chi connectivity index (χ2n) is 29.1. The van der Waals surface area contributed by atoms with Crippen molar-refractivity contribution in [2.45, 2.75) is 445 Å². The molecule has 19 heteroatoms. The van der Waals surface area contributed by atoms with E-state index in [0.717, 1.165) is 95.8 Å². The van der Waals surface area contributed by atoms with E-state index in [1.54, 1.807) is 0 Å². The van der Waals surface area contributed by atoms with E-state index in [1.807, 2.05) is 0 Å². The molecule has 0 rings (SSSR count). The number of phosphoric ester groups is 2. The van der Waals surface area contributed by atoms with E-state index in [9.17, 15) is 43.2 Å². The van der Waals surface area contributed by atoms with Gasteiger partial charge in [-0.15, -0.1) is 0 Å². The Morgan fingerprint density at radius 2 is 0.485 bits per heavy atom. The van der Waals surface area contributed by atoms with Crippen molar-refractivity contribution in [2.75, 3.05) is 39.6 Å². The monoisotopic (exact) mass is 1450 g/mol. The normalized spacial score (nSPS) is 14.1. The number of phosphoric acid groups is 2. The first-order chi connectivity index (χ1) is 48.1. The molecular formula is C80H156O17P2. The number of ether oxygens (including phenoxy) is 4. The van der Waals surface area contributed by atoms with E-state index in [2.05, 4.69) is 34.6 Å². The van der Waals surface area contributed by atoms with Gasteiger partial charge in [0, 0.05) is 25.7 Å². The fraction of sp³-hybridized carbons (Fsp3) is 0.950. The molecule has 3 unspecified atom stereocenters. The molecule has 0 amide bonds. The topological polar surface area (TPSA) is 237 Å². The minimum absolute atomic E-state index is 0.107. The number of aliphatic hydroxyl groups excluding tert-OH is 1. The van der Waals surface area contributed by atoms with Crippen LogP contribution in [0.25, 0.3) is 0 Å². The quantitative estimate of drug-likeness (QED) is 0.0222. The van der Waals surface area contributed by atoms with E-state index < -0.39 is 97.5 Å². The maximum Gasteiger partial charge on any atom is 0.472 e. The fourth-order valence-corrected chi connectivity index (χ4v) is 14.0. The zero-order chi connectivity index (χ0) is 72.7. The van der Waals surface area contributed by atoms with Gasteiger partial charge in [-0.1, -0.05) is 375 Å². The molecule has 0 bridgehead atoms. The van der Waals surface area contributed by atoms with Gasteiger partial charge in [-0.25, -0.2) is 9.13 Å². The molecule has 0 aromatic rings. The predicted octanol–water partition coefficient (Wildman–Crippen LogP) is 24.0. The standard InChI is InChI=1S/C80H156O17P2/c1-6-10-13-16-19-22-25-27-29-31-33-35-38-44-49-54-59-64-78(83)91-70-75(96-79(84)65-60-55-50-45-39-36-34-32-30-28-26-23-20-17-14-11-7-2)71-94-98(86,87)92-67-74(81)68-93-99(88,89)95-72-76(69-90-77(82)63-58-53-48-43-37-24-21-18-15-12-8-3)97-80(85)66-61-56-51-46-41-40-42-47-52-57-62-73(5)9-4/h73-76,81H,6-72H2,1-5H3,(H,86,87)(H,88,89)/t73?,74-,75-,76-/m1/s1. The lowest BCUT2D eigenvalue weighted by Gasteiger charge is -2.21. The summed E-state index contributed by atoms with van der Waals surface area (Å²) in [4.78, 5) is 73.0. The lowest BCUT2D eigenvalue weighted by atomic mass is 9.99. The van der Waals surface area contributed by atoms with Crippen LogP contribution >= 0.6 is 15.6 Å². The highest BCUT2D eigenvalue weighted by molar-refractivity contribution is 7.47. The summed E-state index contributed by atoms with van der Waals surface area (Å²) in [6.07, 6.45) is 63.6. The van der Waals surface area contributed by atoms with Crippen molar-refractivity contribution in [1.82, 2.24) is 0 Å². The number of unbranched alkanes of at least 4 members (excludes halogenated alkanes) is 51. The van der Waals surface area contributed by atoms with E-state index >= 15 is 0 Å². The Morgan fingerprint density at radius 1 is 0.283 bits per heavy atom. The summed E-state index contributed by atoms with van der Waals surface area (Å²) in [6.45, 7) is 7.35. The molecule has 0 spiro atoms. The number of hydrogen-bond acceptors (Lipinski definition) is 15. The Hall–Kier alpha value is -1.94. The fourth-order valence-electron chi connectivity index (χ4n) is 12.4. The molecular weight excluding hydrogens is 1290 g/mol. The van der Waals surface area contributed by atoms with Gasteiger partial charge < -0.3 is 33.8 Å². The summed E-state index contributed by atoms with van der Waals surface area (Å²) in [6, 6.07) is 0. The van der Waals surface area contributed by atoms with Crippen molar-refractivity contribution in [1.29, 1.82) is 0 Å². The maximum absolute atomic E-state index is 13.1. The Bertz CT molecular complexity index is 1890. The molecule has 0 aliphatic carbocycles. The molecule has 3 N–H and O–H groups in total. The van der Waals surface area contributed by atoms with Crippen LogP contribution in [-0.4, -0.2) is 96.7 Å². The smallest absolute Gasteiger partial charge is 0.462 e. The summed E-state index contributed by atoms with van der Waals surface area (Å²) in [5.41, 5.74) is 0. The summed E-state index contributed by atoms with van der Waals surface area (Å²) >= 11 is 0. The molecule has 0 heterocycles. The number of carbonyl (C=O) groups excluding carboxylic acids is 4. The predicted molar refractivity (Wildman–Crippen MR) is 405 cm³/mol. The highest BCUT2D eigenvalue weighted by Crippen LogP contribution is 2.45. The van der Waals surface area contributed by atoms with Gasteiger partial charge in [0.25, 0.3) is 0 Å². The number of carbonyl (C=O) groups is 4. The van der Waals surface area contributed by atoms with Crippen molar-refractivity contribution in [3.8, 4) is 0 Å². The van der Waals surface area contributed by atoms with Crippen LogP contribution in [-0.2, 0) is 65.4 Å². The van der Waals surface area contributed by atoms with Crippen LogP contribution in [0.15, 0.2) is 0 Å². The van der Waals surface area contributed by atoms with Gasteiger partial charge >= 0.3 is 39.5 Å². The van der Waals surface area contributed by atoms with Gasteiger partial charge in [-0.2, -0.15) is 0 Å². The average Bonchev–Trinajstić information content (AvgIpc) is 1.04. The van der Waals surface area contributed by atoms with Crippen molar-refractivity contribution in [3.05, 3.63) is 0 Å². The van der Waals surface area contributed by atoms with Gasteiger partial charge in [0.1, 0.15) is 19.3 Å². The van der Waals surface area contributed by atoms with Crippen molar-refractivity contribution < 1.29 is 80.2 Å². The van der Waals surface area contributed by atoms with Crippen molar-refractivity contribution in [2.24, 2.45) is 5.92 Å². The van der Waals surface area contributed by atoms with E-state index in [1.165, 1.54) is 250 Å². The molecule has 0 radical (unpaired) electrons. The van der Waals surface area contributed by atoms with Crippen LogP contribution in [0.4, 0.5) is 0 Å². The SMILES string of the molecule is CCCCCCCCCCCCCCCCCCCC(=O)OC[C@H](COP(=O)(O)OC[C@@H](O)COP(=O)(O)OC[C@@H](COC(=O)CCCCCCCCCCCCC)OC(=O)CCCCCCCCCCCCC(C)CC)OC(=O)CCCCCCCCCCCCCCCCCCC. The minimum atomic E-state index is -4.96. The minimum Gasteiger partial charge on any atom is -0.462 e. The first-order valence-electron chi connectivity index (χ1n) is 41.7. The van der Waals surface area contributed by atoms with Gasteiger partial charge in [0.2, 0.25) is 0 Å². The third-order valence-electron chi connectivity index (χ3n) is 19.1. The number of aliphatic hydroxyl groups is 1. The second kappa shape index (κ2) is 73.0. The Labute approximate surface area is 607 Å². The third-order valence-corrected chi connectivity index (χ3v) is 21.0. The van der Waals surface area contributed by atoms with Crippen LogP contribution in [0.3, 0.4) is 0 Å². The summed E-state index contributed by atoms with van der Waals surface area (Å²) < 4.78 is 68.7. The van der Waals surface area contributed by atoms with Crippen molar-refractivity contribution in [3.63, 3.8) is 0 Å². The van der Waals surface area contributed by atoms with Gasteiger partial charge in [-0.05, 0) is 31.6 Å². The summed E-state index contributed by atoms with van der Waals surface area (Å²) in [5, 5.41) is 10.6. The molecule has 0 aromatic heterocycles. The number of esters is 4. The van der Waals surface area contributed by atoms with Crippen LogP contribution in [0.2, 0.25) is 0 Å². The molecule has 6 atom stereocenters. The molecule has 0 fully saturated rings. The van der Waals surface area contributed by atoms with Gasteiger partial charge in [-0.3, -0.25) is 37.3 Å². The van der Waals surface area contributed by atoms with Gasteiger partial charge in [0.15, 0.2) is 12.2 Å². The van der Waals surface area contributed by atoms with Crippen LogP contribution < -0.4 is 0 Å². The first kappa shape index (κ1) is 97.1. The Kier molecular flexibility index (Phi) is 71.6. The Morgan fingerprint density at radius 3 is 0.717 bits per heavy atom. The largest absolute Gasteiger partial charge is 0.472 e.